The van der Waals surface area contributed by atoms with Crippen molar-refractivity contribution in [2.75, 3.05) is 5.32 Å². The number of anilines is 1. The summed E-state index contributed by atoms with van der Waals surface area (Å²) in [6, 6.07) is 11.0. The van der Waals surface area contributed by atoms with Gasteiger partial charge in [-0.1, -0.05) is 18.2 Å². The molecule has 6 heteroatoms. The Balaban J connectivity index is 2.30. The Morgan fingerprint density at radius 3 is 2.67 bits per heavy atom. The lowest BCUT2D eigenvalue weighted by atomic mass is 10.1. The highest BCUT2D eigenvalue weighted by Crippen LogP contribution is 2.20. The molecule has 0 fully saturated rings. The molecule has 6 nitrogen and oxygen atoms in total. The Bertz CT molecular complexity index is 698. The number of hydrogen-bond donors (Lipinski definition) is 2. The monoisotopic (exact) mass is 286 g/mol. The molecule has 2 aromatic rings. The minimum Gasteiger partial charge on any atom is -0.392 e. The minimum atomic E-state index is -0.536. The predicted octanol–water partition coefficient (Wildman–Crippen LogP) is 2.65. The Hall–Kier alpha value is -2.73. The summed E-state index contributed by atoms with van der Waals surface area (Å²) in [6.07, 6.45) is 0. The average Bonchev–Trinajstić information content (AvgIpc) is 2.47. The van der Waals surface area contributed by atoms with Gasteiger partial charge in [-0.2, -0.15) is 0 Å². The van der Waals surface area contributed by atoms with E-state index in [4.69, 9.17) is 0 Å². The van der Waals surface area contributed by atoms with E-state index in [2.05, 4.69) is 5.32 Å². The lowest BCUT2D eigenvalue weighted by molar-refractivity contribution is -0.384. The third-order valence-electron chi connectivity index (χ3n) is 2.97. The van der Waals surface area contributed by atoms with E-state index in [1.165, 1.54) is 12.1 Å². The molecule has 2 N–H and O–H groups in total. The van der Waals surface area contributed by atoms with E-state index in [-0.39, 0.29) is 17.9 Å². The maximum atomic E-state index is 12.2. The number of benzene rings is 2. The molecule has 0 bridgehead atoms. The standard InChI is InChI=1S/C15H14N2O4/c1-10-6-12(8-13(7-10)17(20)21)15(19)16-14-5-3-2-4-11(14)9-18/h2-8,18H,9H2,1H3,(H,16,19). The van der Waals surface area contributed by atoms with E-state index >= 15 is 0 Å². The van der Waals surface area contributed by atoms with E-state index in [1.807, 2.05) is 0 Å². The van der Waals surface area contributed by atoms with Gasteiger partial charge in [-0.15, -0.1) is 0 Å². The quantitative estimate of drug-likeness (QED) is 0.667. The summed E-state index contributed by atoms with van der Waals surface area (Å²) in [7, 11) is 0. The number of nitro benzene ring substituents is 1. The first-order valence-corrected chi connectivity index (χ1v) is 6.27. The number of non-ortho nitro benzene ring substituents is 1. The number of nitro groups is 1. The molecule has 0 aromatic heterocycles. The van der Waals surface area contributed by atoms with E-state index in [0.29, 0.717) is 16.8 Å². The SMILES string of the molecule is Cc1cc(C(=O)Nc2ccccc2CO)cc([N+](=O)[O-])c1. The van der Waals surface area contributed by atoms with E-state index in [9.17, 15) is 20.0 Å². The summed E-state index contributed by atoms with van der Waals surface area (Å²) in [5.74, 6) is -0.456. The maximum Gasteiger partial charge on any atom is 0.270 e. The van der Waals surface area contributed by atoms with Gasteiger partial charge in [-0.3, -0.25) is 14.9 Å². The summed E-state index contributed by atoms with van der Waals surface area (Å²) < 4.78 is 0. The fourth-order valence-corrected chi connectivity index (χ4v) is 1.97. The summed E-state index contributed by atoms with van der Waals surface area (Å²) in [5, 5.41) is 22.7. The third-order valence-corrected chi connectivity index (χ3v) is 2.97. The maximum absolute atomic E-state index is 12.2. The fourth-order valence-electron chi connectivity index (χ4n) is 1.97. The molecule has 0 atom stereocenters. The van der Waals surface area contributed by atoms with Gasteiger partial charge in [-0.05, 0) is 24.6 Å². The molecule has 0 aliphatic heterocycles. The molecule has 0 radical (unpaired) electrons. The van der Waals surface area contributed by atoms with Gasteiger partial charge in [0.05, 0.1) is 11.5 Å². The number of rotatable bonds is 4. The van der Waals surface area contributed by atoms with Crippen LogP contribution in [-0.2, 0) is 6.61 Å². The molecule has 0 spiro atoms. The highest BCUT2D eigenvalue weighted by atomic mass is 16.6. The van der Waals surface area contributed by atoms with Crippen molar-refractivity contribution in [3.05, 3.63) is 69.3 Å². The fraction of sp³-hybridized carbons (Fsp3) is 0.133. The number of amides is 1. The van der Waals surface area contributed by atoms with Gasteiger partial charge < -0.3 is 10.4 Å². The van der Waals surface area contributed by atoms with Crippen LogP contribution in [0.25, 0.3) is 0 Å². The molecule has 0 aliphatic carbocycles. The van der Waals surface area contributed by atoms with Gasteiger partial charge in [0.1, 0.15) is 0 Å². The molecule has 0 saturated heterocycles. The van der Waals surface area contributed by atoms with Crippen molar-refractivity contribution >= 4 is 17.3 Å². The van der Waals surface area contributed by atoms with Crippen LogP contribution in [0.1, 0.15) is 21.5 Å². The number of aryl methyl sites for hydroxylation is 1. The summed E-state index contributed by atoms with van der Waals surface area (Å²) in [4.78, 5) is 22.5. The van der Waals surface area contributed by atoms with Gasteiger partial charge >= 0.3 is 0 Å². The first-order valence-electron chi connectivity index (χ1n) is 6.27. The topological polar surface area (TPSA) is 92.5 Å². The van der Waals surface area contributed by atoms with Gasteiger partial charge in [0.15, 0.2) is 0 Å². The van der Waals surface area contributed by atoms with Crippen LogP contribution in [0.2, 0.25) is 0 Å². The number of para-hydroxylation sites is 1. The Kier molecular flexibility index (Phi) is 4.30. The number of aliphatic hydroxyl groups is 1. The van der Waals surface area contributed by atoms with Crippen molar-refractivity contribution in [1.82, 2.24) is 0 Å². The summed E-state index contributed by atoms with van der Waals surface area (Å²) in [6.45, 7) is 1.48. The largest absolute Gasteiger partial charge is 0.392 e. The van der Waals surface area contributed by atoms with Crippen LogP contribution in [0, 0.1) is 17.0 Å². The smallest absolute Gasteiger partial charge is 0.270 e. The molecule has 108 valence electrons. The molecular formula is C15H14N2O4. The highest BCUT2D eigenvalue weighted by Gasteiger charge is 2.14. The van der Waals surface area contributed by atoms with E-state index in [0.717, 1.165) is 0 Å². The van der Waals surface area contributed by atoms with Crippen LogP contribution in [0.3, 0.4) is 0 Å². The number of aliphatic hydroxyl groups excluding tert-OH is 1. The number of nitrogens with zero attached hydrogens (tertiary/aromatic N) is 1. The van der Waals surface area contributed by atoms with Crippen LogP contribution in [0.15, 0.2) is 42.5 Å². The average molecular weight is 286 g/mol. The number of nitrogens with one attached hydrogen (secondary N) is 1. The second-order valence-electron chi connectivity index (χ2n) is 4.58. The number of carbonyl (C=O) groups excluding carboxylic acids is 1. The highest BCUT2D eigenvalue weighted by molar-refractivity contribution is 6.05. The van der Waals surface area contributed by atoms with Gasteiger partial charge in [0.2, 0.25) is 0 Å². The number of hydrogen-bond acceptors (Lipinski definition) is 4. The molecule has 2 rings (SSSR count). The normalized spacial score (nSPS) is 10.2. The second kappa shape index (κ2) is 6.15. The molecule has 21 heavy (non-hydrogen) atoms. The lowest BCUT2D eigenvalue weighted by Crippen LogP contribution is -2.13. The van der Waals surface area contributed by atoms with Crippen LogP contribution < -0.4 is 5.32 Å². The van der Waals surface area contributed by atoms with Gasteiger partial charge in [0, 0.05) is 28.9 Å². The Labute approximate surface area is 121 Å². The summed E-state index contributed by atoms with van der Waals surface area (Å²) in [5.41, 5.74) is 1.76. The van der Waals surface area contributed by atoms with Gasteiger partial charge in [-0.25, -0.2) is 0 Å². The molecule has 0 heterocycles. The minimum absolute atomic E-state index is 0.129. The van der Waals surface area contributed by atoms with Crippen LogP contribution in [0.5, 0.6) is 0 Å². The number of carbonyl (C=O) groups is 1. The van der Waals surface area contributed by atoms with Crippen molar-refractivity contribution in [1.29, 1.82) is 0 Å². The Morgan fingerprint density at radius 1 is 1.29 bits per heavy atom. The molecule has 0 saturated carbocycles. The van der Waals surface area contributed by atoms with Crippen molar-refractivity contribution in [3.63, 3.8) is 0 Å². The first-order chi connectivity index (χ1) is 10.0. The van der Waals surface area contributed by atoms with Gasteiger partial charge in [0.25, 0.3) is 11.6 Å². The first kappa shape index (κ1) is 14.7. The lowest BCUT2D eigenvalue weighted by Gasteiger charge is -2.09. The molecule has 2 aromatic carbocycles. The van der Waals surface area contributed by atoms with Crippen LogP contribution in [0.4, 0.5) is 11.4 Å². The zero-order chi connectivity index (χ0) is 15.4. The van der Waals surface area contributed by atoms with E-state index in [1.54, 1.807) is 37.3 Å². The third kappa shape index (κ3) is 3.43. The van der Waals surface area contributed by atoms with E-state index < -0.39 is 10.8 Å². The molecular weight excluding hydrogens is 272 g/mol. The van der Waals surface area contributed by atoms with Crippen LogP contribution in [-0.4, -0.2) is 15.9 Å². The second-order valence-corrected chi connectivity index (χ2v) is 4.58. The van der Waals surface area contributed by atoms with Crippen LogP contribution >= 0.6 is 0 Å². The summed E-state index contributed by atoms with van der Waals surface area (Å²) >= 11 is 0. The zero-order valence-electron chi connectivity index (χ0n) is 11.4. The molecule has 0 unspecified atom stereocenters. The van der Waals surface area contributed by atoms with Crippen molar-refractivity contribution in [2.45, 2.75) is 13.5 Å². The Morgan fingerprint density at radius 2 is 2.00 bits per heavy atom. The van der Waals surface area contributed by atoms with Crippen molar-refractivity contribution in [3.8, 4) is 0 Å². The molecule has 0 aliphatic rings. The molecule has 1 amide bonds. The van der Waals surface area contributed by atoms with Crippen molar-refractivity contribution < 1.29 is 14.8 Å². The zero-order valence-corrected chi connectivity index (χ0v) is 11.4. The van der Waals surface area contributed by atoms with Crippen molar-refractivity contribution in [2.24, 2.45) is 0 Å². The predicted molar refractivity (Wildman–Crippen MR) is 78.2 cm³/mol.